The van der Waals surface area contributed by atoms with Gasteiger partial charge in [-0.2, -0.15) is 0 Å². The molecule has 2 aromatic rings. The van der Waals surface area contributed by atoms with Crippen LogP contribution >= 0.6 is 0 Å². The summed E-state index contributed by atoms with van der Waals surface area (Å²) < 4.78 is 31.3. The molecule has 1 amide bonds. The lowest BCUT2D eigenvalue weighted by molar-refractivity contribution is -0.143. The molecular formula is C20H21NO8. The lowest BCUT2D eigenvalue weighted by Crippen LogP contribution is -2.30. The van der Waals surface area contributed by atoms with E-state index in [0.717, 1.165) is 5.56 Å². The van der Waals surface area contributed by atoms with Crippen molar-refractivity contribution in [2.24, 2.45) is 0 Å². The van der Waals surface area contributed by atoms with E-state index in [0.29, 0.717) is 28.7 Å². The lowest BCUT2D eigenvalue weighted by atomic mass is 10.1. The maximum absolute atomic E-state index is 12.4. The van der Waals surface area contributed by atoms with Crippen molar-refractivity contribution in [3.05, 3.63) is 41.5 Å². The molecule has 9 nitrogen and oxygen atoms in total. The van der Waals surface area contributed by atoms with E-state index in [1.165, 1.54) is 33.5 Å². The Morgan fingerprint density at radius 2 is 1.66 bits per heavy atom. The first-order chi connectivity index (χ1) is 14.0. The number of methoxy groups -OCH3 is 3. The minimum atomic E-state index is -0.580. The van der Waals surface area contributed by atoms with E-state index in [-0.39, 0.29) is 25.5 Å². The minimum Gasteiger partial charge on any atom is -0.493 e. The van der Waals surface area contributed by atoms with Crippen LogP contribution in [0.3, 0.4) is 0 Å². The molecule has 1 heterocycles. The number of benzene rings is 2. The molecule has 1 aliphatic heterocycles. The number of amides is 1. The van der Waals surface area contributed by atoms with Crippen molar-refractivity contribution in [1.29, 1.82) is 0 Å². The Kier molecular flexibility index (Phi) is 6.28. The van der Waals surface area contributed by atoms with E-state index < -0.39 is 11.9 Å². The molecule has 0 aromatic heterocycles. The zero-order valence-electron chi connectivity index (χ0n) is 16.3. The summed E-state index contributed by atoms with van der Waals surface area (Å²) >= 11 is 0. The smallest absolute Gasteiger partial charge is 0.325 e. The highest BCUT2D eigenvalue weighted by atomic mass is 16.7. The third kappa shape index (κ3) is 4.63. The number of rotatable bonds is 8. The standard InChI is InChI=1S/C20H21NO8/c1-24-16-7-13(8-17(25-2)19(16)26-3)20(23)21-9-18(22)27-10-12-4-5-14-15(6-12)29-11-28-14/h4-8H,9-11H2,1-3H3,(H,21,23). The van der Waals surface area contributed by atoms with Gasteiger partial charge in [0.1, 0.15) is 13.2 Å². The number of nitrogens with one attached hydrogen (secondary N) is 1. The van der Waals surface area contributed by atoms with Crippen LogP contribution in [0, 0.1) is 0 Å². The van der Waals surface area contributed by atoms with Gasteiger partial charge in [-0.05, 0) is 29.8 Å². The quantitative estimate of drug-likeness (QED) is 0.667. The summed E-state index contributed by atoms with van der Waals surface area (Å²) in [6, 6.07) is 8.25. The van der Waals surface area contributed by atoms with E-state index in [1.807, 2.05) is 0 Å². The molecule has 29 heavy (non-hydrogen) atoms. The molecule has 0 saturated carbocycles. The van der Waals surface area contributed by atoms with Crippen molar-refractivity contribution >= 4 is 11.9 Å². The van der Waals surface area contributed by atoms with Gasteiger partial charge in [-0.1, -0.05) is 6.07 Å². The van der Waals surface area contributed by atoms with Crippen LogP contribution in [0.5, 0.6) is 28.7 Å². The Bertz CT molecular complexity index is 886. The summed E-state index contributed by atoms with van der Waals surface area (Å²) in [7, 11) is 4.37. The normalized spacial score (nSPS) is 11.6. The first-order valence-electron chi connectivity index (χ1n) is 8.68. The Labute approximate surface area is 167 Å². The van der Waals surface area contributed by atoms with Gasteiger partial charge in [-0.25, -0.2) is 0 Å². The predicted octanol–water partition coefficient (Wildman–Crippen LogP) is 1.91. The van der Waals surface area contributed by atoms with Crippen molar-refractivity contribution in [3.8, 4) is 28.7 Å². The molecule has 1 N–H and O–H groups in total. The highest BCUT2D eigenvalue weighted by Crippen LogP contribution is 2.38. The highest BCUT2D eigenvalue weighted by molar-refractivity contribution is 5.97. The molecule has 1 aliphatic rings. The summed E-state index contributed by atoms with van der Waals surface area (Å²) in [6.45, 7) is -0.0683. The first kappa shape index (κ1) is 20.1. The number of ether oxygens (including phenoxy) is 6. The average molecular weight is 403 g/mol. The Hall–Kier alpha value is -3.62. The van der Waals surface area contributed by atoms with Crippen LogP contribution in [-0.4, -0.2) is 46.5 Å². The predicted molar refractivity (Wildman–Crippen MR) is 101 cm³/mol. The van der Waals surface area contributed by atoms with Gasteiger partial charge in [0, 0.05) is 5.56 Å². The van der Waals surface area contributed by atoms with Gasteiger partial charge in [-0.3, -0.25) is 9.59 Å². The molecule has 0 unspecified atom stereocenters. The van der Waals surface area contributed by atoms with E-state index in [9.17, 15) is 9.59 Å². The second-order valence-corrected chi connectivity index (χ2v) is 5.94. The number of carbonyl (C=O) groups is 2. The molecule has 2 aromatic carbocycles. The topological polar surface area (TPSA) is 102 Å². The number of esters is 1. The lowest BCUT2D eigenvalue weighted by Gasteiger charge is -2.14. The molecule has 0 radical (unpaired) electrons. The van der Waals surface area contributed by atoms with Crippen LogP contribution in [0.2, 0.25) is 0 Å². The maximum Gasteiger partial charge on any atom is 0.325 e. The van der Waals surface area contributed by atoms with E-state index in [4.69, 9.17) is 28.4 Å². The molecule has 154 valence electrons. The van der Waals surface area contributed by atoms with Gasteiger partial charge in [0.05, 0.1) is 21.3 Å². The fourth-order valence-corrected chi connectivity index (χ4v) is 2.71. The van der Waals surface area contributed by atoms with Crippen molar-refractivity contribution in [2.45, 2.75) is 6.61 Å². The molecule has 0 aliphatic carbocycles. The summed E-state index contributed by atoms with van der Waals surface area (Å²) in [5.74, 6) is 1.24. The van der Waals surface area contributed by atoms with Crippen LogP contribution in [-0.2, 0) is 16.1 Å². The minimum absolute atomic E-state index is 0.0511. The van der Waals surface area contributed by atoms with Crippen LogP contribution in [0.25, 0.3) is 0 Å². The van der Waals surface area contributed by atoms with E-state index in [1.54, 1.807) is 18.2 Å². The summed E-state index contributed by atoms with van der Waals surface area (Å²) in [6.07, 6.45) is 0. The average Bonchev–Trinajstić information content (AvgIpc) is 3.22. The number of hydrogen-bond donors (Lipinski definition) is 1. The maximum atomic E-state index is 12.4. The zero-order chi connectivity index (χ0) is 20.8. The van der Waals surface area contributed by atoms with Crippen molar-refractivity contribution in [1.82, 2.24) is 5.32 Å². The molecule has 0 fully saturated rings. The summed E-state index contributed by atoms with van der Waals surface area (Å²) in [4.78, 5) is 24.4. The molecule has 3 rings (SSSR count). The molecule has 0 atom stereocenters. The van der Waals surface area contributed by atoms with Gasteiger partial charge in [0.25, 0.3) is 5.91 Å². The van der Waals surface area contributed by atoms with Crippen molar-refractivity contribution in [3.63, 3.8) is 0 Å². The highest BCUT2D eigenvalue weighted by Gasteiger charge is 2.18. The number of hydrogen-bond acceptors (Lipinski definition) is 8. The number of fused-ring (bicyclic) bond motifs is 1. The Morgan fingerprint density at radius 1 is 0.966 bits per heavy atom. The molecular weight excluding hydrogens is 382 g/mol. The second-order valence-electron chi connectivity index (χ2n) is 5.94. The first-order valence-corrected chi connectivity index (χ1v) is 8.68. The van der Waals surface area contributed by atoms with Crippen molar-refractivity contribution in [2.75, 3.05) is 34.7 Å². The molecule has 0 saturated heterocycles. The largest absolute Gasteiger partial charge is 0.493 e. The number of carbonyl (C=O) groups excluding carboxylic acids is 2. The van der Waals surface area contributed by atoms with E-state index in [2.05, 4.69) is 5.32 Å². The van der Waals surface area contributed by atoms with Gasteiger partial charge in [0.2, 0.25) is 12.5 Å². The van der Waals surface area contributed by atoms with Crippen LogP contribution in [0.1, 0.15) is 15.9 Å². The second kappa shape index (κ2) is 9.05. The Balaban J connectivity index is 1.55. The van der Waals surface area contributed by atoms with Crippen LogP contribution < -0.4 is 29.0 Å². The fraction of sp³-hybridized carbons (Fsp3) is 0.300. The molecule has 0 bridgehead atoms. The van der Waals surface area contributed by atoms with Crippen LogP contribution in [0.15, 0.2) is 30.3 Å². The summed E-state index contributed by atoms with van der Waals surface area (Å²) in [5, 5.41) is 2.51. The van der Waals surface area contributed by atoms with Crippen molar-refractivity contribution < 1.29 is 38.0 Å². The fourth-order valence-electron chi connectivity index (χ4n) is 2.71. The van der Waals surface area contributed by atoms with E-state index >= 15 is 0 Å². The Morgan fingerprint density at radius 3 is 2.31 bits per heavy atom. The van der Waals surface area contributed by atoms with Crippen LogP contribution in [0.4, 0.5) is 0 Å². The van der Waals surface area contributed by atoms with Gasteiger partial charge < -0.3 is 33.7 Å². The van der Waals surface area contributed by atoms with Gasteiger partial charge in [-0.15, -0.1) is 0 Å². The van der Waals surface area contributed by atoms with Gasteiger partial charge >= 0.3 is 5.97 Å². The zero-order valence-corrected chi connectivity index (χ0v) is 16.3. The molecule has 9 heteroatoms. The van der Waals surface area contributed by atoms with Gasteiger partial charge in [0.15, 0.2) is 23.0 Å². The SMILES string of the molecule is COc1cc(C(=O)NCC(=O)OCc2ccc3c(c2)OCO3)cc(OC)c1OC. The monoisotopic (exact) mass is 403 g/mol. The third-order valence-electron chi connectivity index (χ3n) is 4.16. The third-order valence-corrected chi connectivity index (χ3v) is 4.16. The molecule has 0 spiro atoms. The summed E-state index contributed by atoms with van der Waals surface area (Å²) in [5.41, 5.74) is 1.00.